The predicted molar refractivity (Wildman–Crippen MR) is 148 cm³/mol. The van der Waals surface area contributed by atoms with Crippen LogP contribution in [0.15, 0.2) is 65.8 Å². The van der Waals surface area contributed by atoms with Crippen molar-refractivity contribution >= 4 is 11.0 Å². The largest absolute Gasteiger partial charge is 0.490 e. The Labute approximate surface area is 235 Å². The summed E-state index contributed by atoms with van der Waals surface area (Å²) in [6.07, 6.45) is 4.59. The number of piperidine rings is 1. The summed E-state index contributed by atoms with van der Waals surface area (Å²) in [6.45, 7) is 2.92. The molecular formula is C30H33F2N5O4. The quantitative estimate of drug-likeness (QED) is 0.349. The molecule has 2 aromatic heterocycles. The minimum atomic E-state index is -1.38. The predicted octanol–water partition coefficient (Wildman–Crippen LogP) is 3.65. The van der Waals surface area contributed by atoms with Gasteiger partial charge in [-0.15, -0.1) is 0 Å². The molecule has 0 aliphatic carbocycles. The molecule has 2 aliphatic rings. The monoisotopic (exact) mass is 565 g/mol. The fraction of sp³-hybridized carbons (Fsp3) is 0.433. The molecule has 9 nitrogen and oxygen atoms in total. The van der Waals surface area contributed by atoms with E-state index in [9.17, 15) is 18.7 Å². The molecule has 1 N–H and O–H groups in total. The molecule has 2 aliphatic heterocycles. The van der Waals surface area contributed by atoms with E-state index in [1.54, 1.807) is 41.1 Å². The molecular weight excluding hydrogens is 532 g/mol. The molecule has 2 aromatic carbocycles. The van der Waals surface area contributed by atoms with Gasteiger partial charge in [-0.05, 0) is 54.8 Å². The maximum atomic E-state index is 14.8. The van der Waals surface area contributed by atoms with Crippen LogP contribution in [0.25, 0.3) is 16.7 Å². The van der Waals surface area contributed by atoms with Crippen LogP contribution >= 0.6 is 0 Å². The van der Waals surface area contributed by atoms with Gasteiger partial charge < -0.3 is 14.6 Å². The lowest BCUT2D eigenvalue weighted by molar-refractivity contribution is -0.0365. The van der Waals surface area contributed by atoms with E-state index >= 15 is 0 Å². The minimum Gasteiger partial charge on any atom is -0.490 e. The van der Waals surface area contributed by atoms with Gasteiger partial charge in [-0.2, -0.15) is 5.10 Å². The summed E-state index contributed by atoms with van der Waals surface area (Å²) < 4.78 is 41.9. The highest BCUT2D eigenvalue weighted by Gasteiger charge is 2.34. The Bertz CT molecular complexity index is 1540. The van der Waals surface area contributed by atoms with Crippen molar-refractivity contribution in [2.24, 2.45) is 0 Å². The zero-order chi connectivity index (χ0) is 28.5. The summed E-state index contributed by atoms with van der Waals surface area (Å²) in [7, 11) is 0. The zero-order valence-corrected chi connectivity index (χ0v) is 22.7. The third-order valence-electron chi connectivity index (χ3n) is 8.09. The van der Waals surface area contributed by atoms with Crippen LogP contribution in [0.3, 0.4) is 0 Å². The van der Waals surface area contributed by atoms with Crippen molar-refractivity contribution in [3.63, 3.8) is 0 Å². The van der Waals surface area contributed by atoms with Crippen LogP contribution in [0.4, 0.5) is 8.78 Å². The van der Waals surface area contributed by atoms with Gasteiger partial charge in [0.15, 0.2) is 5.65 Å². The molecule has 0 unspecified atom stereocenters. The van der Waals surface area contributed by atoms with E-state index in [0.29, 0.717) is 81.0 Å². The lowest BCUT2D eigenvalue weighted by atomic mass is 9.91. The number of alkyl halides is 1. The highest BCUT2D eigenvalue weighted by atomic mass is 19.1. The van der Waals surface area contributed by atoms with Crippen molar-refractivity contribution in [1.29, 1.82) is 0 Å². The van der Waals surface area contributed by atoms with Crippen LogP contribution in [0, 0.1) is 5.82 Å². The Morgan fingerprint density at radius 2 is 1.71 bits per heavy atom. The first-order valence-corrected chi connectivity index (χ1v) is 13.9. The summed E-state index contributed by atoms with van der Waals surface area (Å²) in [5.74, 6) is 0.283. The summed E-state index contributed by atoms with van der Waals surface area (Å²) in [5, 5.41) is 16.0. The number of fused-ring (bicyclic) bond motifs is 1. The molecule has 2 fully saturated rings. The Kier molecular flexibility index (Phi) is 7.58. The van der Waals surface area contributed by atoms with Crippen molar-refractivity contribution in [2.75, 3.05) is 32.9 Å². The summed E-state index contributed by atoms with van der Waals surface area (Å²) in [4.78, 5) is 20.0. The Balaban J connectivity index is 1.10. The molecule has 6 rings (SSSR count). The van der Waals surface area contributed by atoms with E-state index < -0.39 is 11.3 Å². The van der Waals surface area contributed by atoms with E-state index in [2.05, 4.69) is 15.0 Å². The van der Waals surface area contributed by atoms with Crippen molar-refractivity contribution in [2.45, 2.75) is 50.0 Å². The van der Waals surface area contributed by atoms with Gasteiger partial charge in [-0.3, -0.25) is 14.3 Å². The van der Waals surface area contributed by atoms with Gasteiger partial charge >= 0.3 is 0 Å². The van der Waals surface area contributed by atoms with Crippen molar-refractivity contribution in [3.8, 4) is 11.4 Å². The molecule has 0 bridgehead atoms. The molecule has 0 radical (unpaired) electrons. The first kappa shape index (κ1) is 27.5. The average Bonchev–Trinajstić information content (AvgIpc) is 3.42. The number of hydrogen-bond acceptors (Lipinski definition) is 7. The van der Waals surface area contributed by atoms with Crippen LogP contribution in [-0.2, 0) is 17.8 Å². The molecule has 4 aromatic rings. The third kappa shape index (κ3) is 6.17. The van der Waals surface area contributed by atoms with Gasteiger partial charge in [0.2, 0.25) is 0 Å². The second-order valence-corrected chi connectivity index (χ2v) is 11.1. The second-order valence-electron chi connectivity index (χ2n) is 11.1. The summed E-state index contributed by atoms with van der Waals surface area (Å²) in [5.41, 5.74) is -0.575. The molecule has 2 saturated heterocycles. The molecule has 4 heterocycles. The molecule has 0 saturated carbocycles. The standard InChI is InChI=1S/C30H33F2N5O4/c31-23-3-1-22(2-4-23)18-35-13-9-30(39,10-14-35)19-36-21-33-27-26(28(36)38)17-34-37(27)24-5-7-25(8-6-24)41-20-29(32)11-15-40-16-12-29/h1-8,17,21,39H,9-16,18-20H2. The van der Waals surface area contributed by atoms with Crippen LogP contribution < -0.4 is 10.3 Å². The van der Waals surface area contributed by atoms with E-state index in [1.165, 1.54) is 29.2 Å². The lowest BCUT2D eigenvalue weighted by Gasteiger charge is -2.38. The highest BCUT2D eigenvalue weighted by molar-refractivity contribution is 5.75. The van der Waals surface area contributed by atoms with Gasteiger partial charge in [0.25, 0.3) is 5.56 Å². The fourth-order valence-electron chi connectivity index (χ4n) is 5.48. The zero-order valence-electron chi connectivity index (χ0n) is 22.7. The smallest absolute Gasteiger partial charge is 0.264 e. The van der Waals surface area contributed by atoms with Crippen LogP contribution in [0.2, 0.25) is 0 Å². The fourth-order valence-corrected chi connectivity index (χ4v) is 5.48. The maximum Gasteiger partial charge on any atom is 0.264 e. The minimum absolute atomic E-state index is 0.0276. The van der Waals surface area contributed by atoms with E-state index in [4.69, 9.17) is 9.47 Å². The Hall–Kier alpha value is -3.67. The van der Waals surface area contributed by atoms with E-state index in [1.807, 2.05) is 0 Å². The molecule has 0 atom stereocenters. The molecule has 0 spiro atoms. The third-order valence-corrected chi connectivity index (χ3v) is 8.09. The number of aromatic nitrogens is 4. The first-order chi connectivity index (χ1) is 19.8. The van der Waals surface area contributed by atoms with Crippen molar-refractivity contribution < 1.29 is 23.4 Å². The number of nitrogens with zero attached hydrogens (tertiary/aromatic N) is 5. The lowest BCUT2D eigenvalue weighted by Crippen LogP contribution is -2.47. The number of rotatable bonds is 8. The molecule has 0 amide bonds. The van der Waals surface area contributed by atoms with Gasteiger partial charge in [0.1, 0.15) is 35.6 Å². The maximum absolute atomic E-state index is 14.8. The summed E-state index contributed by atoms with van der Waals surface area (Å²) in [6, 6.07) is 13.5. The van der Waals surface area contributed by atoms with Crippen LogP contribution in [0.5, 0.6) is 5.75 Å². The van der Waals surface area contributed by atoms with Gasteiger partial charge in [-0.1, -0.05) is 12.1 Å². The van der Waals surface area contributed by atoms with Crippen LogP contribution in [-0.4, -0.2) is 73.5 Å². The topological polar surface area (TPSA) is 94.6 Å². The number of ether oxygens (including phenoxy) is 2. The van der Waals surface area contributed by atoms with Gasteiger partial charge in [0, 0.05) is 45.7 Å². The SMILES string of the molecule is O=c1c2cnn(-c3ccc(OCC4(F)CCOCC4)cc3)c2ncn1CC1(O)CCN(Cc2ccc(F)cc2)CC1. The van der Waals surface area contributed by atoms with E-state index in [-0.39, 0.29) is 24.5 Å². The average molecular weight is 566 g/mol. The van der Waals surface area contributed by atoms with E-state index in [0.717, 1.165) is 5.56 Å². The van der Waals surface area contributed by atoms with Crippen molar-refractivity contribution in [1.82, 2.24) is 24.2 Å². The molecule has 216 valence electrons. The second kappa shape index (κ2) is 11.3. The number of aliphatic hydroxyl groups is 1. The normalized spacial score (nSPS) is 18.9. The first-order valence-electron chi connectivity index (χ1n) is 13.9. The number of benzene rings is 2. The Morgan fingerprint density at radius 1 is 1.00 bits per heavy atom. The molecule has 11 heteroatoms. The van der Waals surface area contributed by atoms with Gasteiger partial charge in [-0.25, -0.2) is 18.4 Å². The summed E-state index contributed by atoms with van der Waals surface area (Å²) >= 11 is 0. The molecule has 41 heavy (non-hydrogen) atoms. The number of halogens is 2. The van der Waals surface area contributed by atoms with Crippen LogP contribution in [0.1, 0.15) is 31.2 Å². The Morgan fingerprint density at radius 3 is 2.41 bits per heavy atom. The highest BCUT2D eigenvalue weighted by Crippen LogP contribution is 2.28. The van der Waals surface area contributed by atoms with Gasteiger partial charge in [0.05, 0.1) is 24.0 Å². The van der Waals surface area contributed by atoms with Crippen molar-refractivity contribution in [3.05, 3.63) is 82.8 Å². The number of likely N-dealkylation sites (tertiary alicyclic amines) is 1. The number of hydrogen-bond donors (Lipinski definition) is 1.